The lowest BCUT2D eigenvalue weighted by atomic mass is 10.1. The number of amides is 3. The molecule has 6 rings (SSSR count). The number of thiazole rings is 1. The molecular weight excluding hydrogens is 689 g/mol. The second-order valence-corrected chi connectivity index (χ2v) is 13.6. The summed E-state index contributed by atoms with van der Waals surface area (Å²) < 4.78 is 5.55. The van der Waals surface area contributed by atoms with Crippen LogP contribution in [0.3, 0.4) is 0 Å². The van der Waals surface area contributed by atoms with Crippen LogP contribution in [-0.4, -0.2) is 29.3 Å². The number of rotatable bonds is 13. The Morgan fingerprint density at radius 3 is 2.27 bits per heavy atom. The summed E-state index contributed by atoms with van der Waals surface area (Å²) in [5.74, 6) is -0.330. The van der Waals surface area contributed by atoms with E-state index in [9.17, 15) is 14.4 Å². The van der Waals surface area contributed by atoms with Crippen LogP contribution in [0.4, 0.5) is 10.8 Å². The average Bonchev–Trinajstić information content (AvgIpc) is 3.64. The number of aromatic nitrogens is 1. The van der Waals surface area contributed by atoms with Crippen molar-refractivity contribution in [3.63, 3.8) is 0 Å². The molecule has 6 aromatic rings. The maximum Gasteiger partial charge on any atom is 0.272 e. The number of hydrogen-bond acceptors (Lipinski definition) is 7. The Morgan fingerprint density at radius 2 is 1.54 bits per heavy atom. The second-order valence-electron chi connectivity index (χ2n) is 11.6. The van der Waals surface area contributed by atoms with Crippen molar-refractivity contribution in [1.82, 2.24) is 10.3 Å². The number of benzene rings is 5. The smallest absolute Gasteiger partial charge is 0.272 e. The predicted octanol–water partition coefficient (Wildman–Crippen LogP) is 9.40. The average molecular weight is 725 g/mol. The number of carbonyl (C=O) groups is 3. The number of anilines is 2. The summed E-state index contributed by atoms with van der Waals surface area (Å²) in [5.41, 5.74) is 5.28. The van der Waals surface area contributed by atoms with E-state index in [1.54, 1.807) is 36.4 Å². The number of carbonyl (C=O) groups excluding carboxylic acids is 3. The van der Waals surface area contributed by atoms with Crippen molar-refractivity contribution in [2.24, 2.45) is 0 Å². The van der Waals surface area contributed by atoms with Crippen LogP contribution in [0.25, 0.3) is 17.3 Å². The van der Waals surface area contributed by atoms with E-state index in [0.29, 0.717) is 23.0 Å². The number of nitrogens with zero attached hydrogens (tertiary/aromatic N) is 1. The predicted molar refractivity (Wildman–Crippen MR) is 211 cm³/mol. The first-order chi connectivity index (χ1) is 25.4. The van der Waals surface area contributed by atoms with Gasteiger partial charge in [0.15, 0.2) is 5.13 Å². The van der Waals surface area contributed by atoms with Crippen LogP contribution in [0, 0.1) is 6.92 Å². The molecule has 0 bridgehead atoms. The summed E-state index contributed by atoms with van der Waals surface area (Å²) in [6.45, 7) is 4.47. The lowest BCUT2D eigenvalue weighted by Gasteiger charge is -2.17. The number of nitrogens with one attached hydrogen (secondary N) is 3. The van der Waals surface area contributed by atoms with E-state index >= 15 is 0 Å². The van der Waals surface area contributed by atoms with Crippen molar-refractivity contribution in [2.45, 2.75) is 24.0 Å². The van der Waals surface area contributed by atoms with Crippen LogP contribution in [0.5, 0.6) is 5.75 Å². The molecule has 0 radical (unpaired) electrons. The highest BCUT2D eigenvalue weighted by Gasteiger charge is 2.24. The number of ether oxygens (including phenoxy) is 1. The maximum absolute atomic E-state index is 13.9. The molecule has 260 valence electrons. The van der Waals surface area contributed by atoms with Crippen molar-refractivity contribution >= 4 is 57.7 Å². The molecule has 3 amide bonds. The minimum absolute atomic E-state index is 0.0933. The lowest BCUT2D eigenvalue weighted by molar-refractivity contribution is -0.116. The molecule has 1 heterocycles. The van der Waals surface area contributed by atoms with Gasteiger partial charge in [0.25, 0.3) is 11.8 Å². The summed E-state index contributed by atoms with van der Waals surface area (Å²) >= 11 is 2.71. The SMILES string of the molecule is CCOc1ccc(-c2csc(NC(=O)C(Sc3cccc(NC(=O)/C(=C/c4ccccc4C)NC(=O)c4ccccc4)c3)c3ccccc3)n2)cc1. The Hall–Kier alpha value is -5.97. The minimum Gasteiger partial charge on any atom is -0.494 e. The molecule has 5 aromatic carbocycles. The van der Waals surface area contributed by atoms with Gasteiger partial charge in [-0.1, -0.05) is 78.9 Å². The number of aryl methyl sites for hydroxylation is 1. The van der Waals surface area contributed by atoms with Gasteiger partial charge in [-0.05, 0) is 91.2 Å². The van der Waals surface area contributed by atoms with Gasteiger partial charge in [-0.2, -0.15) is 0 Å². The normalized spacial score (nSPS) is 11.7. The summed E-state index contributed by atoms with van der Waals surface area (Å²) in [5, 5.41) is 10.5. The molecule has 0 spiro atoms. The van der Waals surface area contributed by atoms with Crippen molar-refractivity contribution < 1.29 is 19.1 Å². The van der Waals surface area contributed by atoms with Crippen LogP contribution < -0.4 is 20.7 Å². The molecular formula is C42H36N4O4S2. The zero-order valence-electron chi connectivity index (χ0n) is 28.5. The molecule has 0 saturated heterocycles. The zero-order valence-corrected chi connectivity index (χ0v) is 30.2. The number of hydrogen-bond donors (Lipinski definition) is 3. The van der Waals surface area contributed by atoms with Crippen LogP contribution >= 0.6 is 23.1 Å². The Morgan fingerprint density at radius 1 is 0.827 bits per heavy atom. The van der Waals surface area contributed by atoms with Crippen LogP contribution in [0.1, 0.15) is 39.2 Å². The van der Waals surface area contributed by atoms with Gasteiger partial charge in [0, 0.05) is 27.1 Å². The van der Waals surface area contributed by atoms with E-state index in [4.69, 9.17) is 4.74 Å². The highest BCUT2D eigenvalue weighted by Crippen LogP contribution is 2.38. The molecule has 10 heteroatoms. The summed E-state index contributed by atoms with van der Waals surface area (Å²) in [6.07, 6.45) is 1.67. The molecule has 1 unspecified atom stereocenters. The first-order valence-electron chi connectivity index (χ1n) is 16.6. The molecule has 3 N–H and O–H groups in total. The molecule has 8 nitrogen and oxygen atoms in total. The third-order valence-corrected chi connectivity index (χ3v) is 9.90. The summed E-state index contributed by atoms with van der Waals surface area (Å²) in [4.78, 5) is 46.1. The fourth-order valence-corrected chi connectivity index (χ4v) is 7.06. The fraction of sp³-hybridized carbons (Fsp3) is 0.0952. The van der Waals surface area contributed by atoms with Gasteiger partial charge in [-0.25, -0.2) is 4.98 Å². The Balaban J connectivity index is 1.20. The third-order valence-electron chi connectivity index (χ3n) is 7.90. The highest BCUT2D eigenvalue weighted by atomic mass is 32.2. The van der Waals surface area contributed by atoms with E-state index in [1.807, 2.05) is 122 Å². The Kier molecular flexibility index (Phi) is 11.9. The quantitative estimate of drug-likeness (QED) is 0.0809. The van der Waals surface area contributed by atoms with Crippen molar-refractivity contribution in [3.8, 4) is 17.0 Å². The third kappa shape index (κ3) is 9.42. The van der Waals surface area contributed by atoms with Crippen LogP contribution in [0.15, 0.2) is 149 Å². The molecule has 0 aliphatic carbocycles. The standard InChI is InChI=1S/C42H36N4O4S2/c1-3-50-34-23-21-29(22-24-34)37-27-51-42(45-37)46-41(49)38(30-14-6-4-7-15-30)52-35-20-12-19-33(26-35)43-40(48)36(25-32-18-11-10-13-28(32)2)44-39(47)31-16-8-5-9-17-31/h4-27,38H,3H2,1-2H3,(H,43,48)(H,44,47)(H,45,46,49)/b36-25-. The van der Waals surface area contributed by atoms with Crippen molar-refractivity contribution in [2.75, 3.05) is 17.2 Å². The van der Waals surface area contributed by atoms with E-state index in [-0.39, 0.29) is 11.6 Å². The zero-order chi connectivity index (χ0) is 36.3. The molecule has 0 aliphatic rings. The highest BCUT2D eigenvalue weighted by molar-refractivity contribution is 8.00. The van der Waals surface area contributed by atoms with E-state index in [2.05, 4.69) is 20.9 Å². The lowest BCUT2D eigenvalue weighted by Crippen LogP contribution is -2.30. The Labute approximate surface area is 311 Å². The molecule has 1 aromatic heterocycles. The van der Waals surface area contributed by atoms with Crippen molar-refractivity contribution in [1.29, 1.82) is 0 Å². The van der Waals surface area contributed by atoms with Gasteiger partial charge in [-0.15, -0.1) is 23.1 Å². The van der Waals surface area contributed by atoms with E-state index < -0.39 is 17.1 Å². The van der Waals surface area contributed by atoms with E-state index in [0.717, 1.165) is 38.6 Å². The molecule has 0 saturated carbocycles. The van der Waals surface area contributed by atoms with Gasteiger partial charge in [0.1, 0.15) is 16.7 Å². The first kappa shape index (κ1) is 35.8. The van der Waals surface area contributed by atoms with Gasteiger partial charge < -0.3 is 20.7 Å². The van der Waals surface area contributed by atoms with Gasteiger partial charge >= 0.3 is 0 Å². The maximum atomic E-state index is 13.9. The summed E-state index contributed by atoms with van der Waals surface area (Å²) in [7, 11) is 0. The largest absolute Gasteiger partial charge is 0.494 e. The minimum atomic E-state index is -0.619. The topological polar surface area (TPSA) is 109 Å². The molecule has 0 fully saturated rings. The second kappa shape index (κ2) is 17.3. The fourth-order valence-electron chi connectivity index (χ4n) is 5.25. The van der Waals surface area contributed by atoms with Crippen LogP contribution in [-0.2, 0) is 9.59 Å². The van der Waals surface area contributed by atoms with Crippen molar-refractivity contribution in [3.05, 3.63) is 167 Å². The monoisotopic (exact) mass is 724 g/mol. The first-order valence-corrected chi connectivity index (χ1v) is 18.4. The van der Waals surface area contributed by atoms with Crippen LogP contribution in [0.2, 0.25) is 0 Å². The molecule has 1 atom stereocenters. The molecule has 0 aliphatic heterocycles. The van der Waals surface area contributed by atoms with Gasteiger partial charge in [-0.3, -0.25) is 14.4 Å². The molecule has 52 heavy (non-hydrogen) atoms. The van der Waals surface area contributed by atoms with Gasteiger partial charge in [0.2, 0.25) is 5.91 Å². The summed E-state index contributed by atoms with van der Waals surface area (Å²) in [6, 6.07) is 40.8. The number of thioether (sulfide) groups is 1. The Bertz CT molecular complexity index is 2190. The van der Waals surface area contributed by atoms with E-state index in [1.165, 1.54) is 23.1 Å². The van der Waals surface area contributed by atoms with Gasteiger partial charge in [0.05, 0.1) is 12.3 Å².